The third kappa shape index (κ3) is 4.19. The molecule has 0 unspecified atom stereocenters. The molecule has 1 aromatic carbocycles. The number of nitrogens with one attached hydrogen (secondary N) is 1. The Labute approximate surface area is 102 Å². The van der Waals surface area contributed by atoms with Gasteiger partial charge in [0.05, 0.1) is 10.7 Å². The fourth-order valence-corrected chi connectivity index (χ4v) is 2.05. The van der Waals surface area contributed by atoms with Crippen LogP contribution in [-0.2, 0) is 14.9 Å². The predicted octanol–water partition coefficient (Wildman–Crippen LogP) is 1.75. The van der Waals surface area contributed by atoms with Crippen molar-refractivity contribution in [3.8, 4) is 5.75 Å². The number of hydrogen-bond acceptors (Lipinski definition) is 4. The monoisotopic (exact) mass is 307 g/mol. The van der Waals surface area contributed by atoms with Gasteiger partial charge >= 0.3 is 10.1 Å². The molecule has 88 valence electrons. The first kappa shape index (κ1) is 13.0. The zero-order valence-electron chi connectivity index (χ0n) is 8.65. The summed E-state index contributed by atoms with van der Waals surface area (Å²) in [6.07, 6.45) is 0.959. The summed E-state index contributed by atoms with van der Waals surface area (Å²) in [4.78, 5) is 10.8. The lowest BCUT2D eigenvalue weighted by Crippen LogP contribution is -2.08. The third-order valence-corrected chi connectivity index (χ3v) is 2.60. The van der Waals surface area contributed by atoms with E-state index in [1.165, 1.54) is 13.0 Å². The molecule has 0 spiro atoms. The normalized spacial score (nSPS) is 10.9. The van der Waals surface area contributed by atoms with Gasteiger partial charge in [-0.1, -0.05) is 0 Å². The number of halogens is 1. The van der Waals surface area contributed by atoms with E-state index in [-0.39, 0.29) is 11.7 Å². The Balaban J connectivity index is 2.96. The molecule has 0 aromatic heterocycles. The Morgan fingerprint density at radius 1 is 1.44 bits per heavy atom. The van der Waals surface area contributed by atoms with Crippen LogP contribution in [0.25, 0.3) is 0 Å². The minimum Gasteiger partial charge on any atom is -0.381 e. The lowest BCUT2D eigenvalue weighted by atomic mass is 10.3. The van der Waals surface area contributed by atoms with Gasteiger partial charge in [0.15, 0.2) is 5.75 Å². The van der Waals surface area contributed by atoms with Crippen molar-refractivity contribution in [3.63, 3.8) is 0 Å². The fourth-order valence-electron chi connectivity index (χ4n) is 1.01. The second-order valence-corrected chi connectivity index (χ2v) is 5.54. The standard InChI is InChI=1S/C9H10BrNO4S/c1-6(12)11-7-3-4-9(8(10)5-7)15-16(2,13)14/h3-5H,1-2H3,(H,11,12). The molecule has 1 aromatic rings. The fraction of sp³-hybridized carbons (Fsp3) is 0.222. The van der Waals surface area contributed by atoms with Gasteiger partial charge in [0.1, 0.15) is 0 Å². The Morgan fingerprint density at radius 3 is 2.50 bits per heavy atom. The number of anilines is 1. The zero-order valence-corrected chi connectivity index (χ0v) is 11.1. The van der Waals surface area contributed by atoms with E-state index >= 15 is 0 Å². The van der Waals surface area contributed by atoms with E-state index in [2.05, 4.69) is 21.2 Å². The van der Waals surface area contributed by atoms with Crippen LogP contribution in [0.15, 0.2) is 22.7 Å². The molecular formula is C9H10BrNO4S. The van der Waals surface area contributed by atoms with Crippen LogP contribution in [0.1, 0.15) is 6.92 Å². The van der Waals surface area contributed by atoms with Gasteiger partial charge in [0.25, 0.3) is 0 Å². The first-order valence-electron chi connectivity index (χ1n) is 4.24. The lowest BCUT2D eigenvalue weighted by molar-refractivity contribution is -0.114. The van der Waals surface area contributed by atoms with Gasteiger partial charge in [0.2, 0.25) is 5.91 Å². The Bertz CT molecular complexity index is 512. The van der Waals surface area contributed by atoms with Gasteiger partial charge in [-0.05, 0) is 34.1 Å². The molecule has 1 rings (SSSR count). The molecule has 0 radical (unpaired) electrons. The topological polar surface area (TPSA) is 72.5 Å². The van der Waals surface area contributed by atoms with Crippen molar-refractivity contribution >= 4 is 37.6 Å². The van der Waals surface area contributed by atoms with Gasteiger partial charge in [-0.2, -0.15) is 8.42 Å². The second-order valence-electron chi connectivity index (χ2n) is 3.11. The summed E-state index contributed by atoms with van der Waals surface area (Å²) in [6.45, 7) is 1.38. The molecular weight excluding hydrogens is 298 g/mol. The quantitative estimate of drug-likeness (QED) is 0.863. The first-order chi connectivity index (χ1) is 7.28. The van der Waals surface area contributed by atoms with Gasteiger partial charge in [-0.15, -0.1) is 0 Å². The van der Waals surface area contributed by atoms with E-state index < -0.39 is 10.1 Å². The Hall–Kier alpha value is -1.08. The molecule has 0 aliphatic carbocycles. The predicted molar refractivity (Wildman–Crippen MR) is 63.9 cm³/mol. The zero-order chi connectivity index (χ0) is 12.3. The van der Waals surface area contributed by atoms with E-state index in [4.69, 9.17) is 4.18 Å². The number of hydrogen-bond donors (Lipinski definition) is 1. The van der Waals surface area contributed by atoms with Crippen LogP contribution in [0.2, 0.25) is 0 Å². The van der Waals surface area contributed by atoms with Crippen LogP contribution in [0.4, 0.5) is 5.69 Å². The minimum absolute atomic E-state index is 0.177. The molecule has 16 heavy (non-hydrogen) atoms. The van der Waals surface area contributed by atoms with Crippen molar-refractivity contribution < 1.29 is 17.4 Å². The van der Waals surface area contributed by atoms with Crippen molar-refractivity contribution in [2.75, 3.05) is 11.6 Å². The largest absolute Gasteiger partial charge is 0.381 e. The second kappa shape index (κ2) is 4.84. The van der Waals surface area contributed by atoms with E-state index in [1.807, 2.05) is 0 Å². The van der Waals surface area contributed by atoms with Crippen LogP contribution in [0.3, 0.4) is 0 Å². The smallest absolute Gasteiger partial charge is 0.306 e. The summed E-state index contributed by atoms with van der Waals surface area (Å²) in [6, 6.07) is 4.56. The van der Waals surface area contributed by atoms with Crippen LogP contribution < -0.4 is 9.50 Å². The maximum absolute atomic E-state index is 10.9. The average molecular weight is 308 g/mol. The molecule has 0 atom stereocenters. The maximum Gasteiger partial charge on any atom is 0.306 e. The van der Waals surface area contributed by atoms with Crippen LogP contribution in [0, 0.1) is 0 Å². The van der Waals surface area contributed by atoms with Crippen LogP contribution in [-0.4, -0.2) is 20.6 Å². The van der Waals surface area contributed by atoms with Gasteiger partial charge < -0.3 is 9.50 Å². The van der Waals surface area contributed by atoms with Crippen LogP contribution in [0.5, 0.6) is 5.75 Å². The minimum atomic E-state index is -3.55. The SMILES string of the molecule is CC(=O)Nc1ccc(OS(C)(=O)=O)c(Br)c1. The van der Waals surface area contributed by atoms with E-state index in [9.17, 15) is 13.2 Å². The molecule has 0 saturated carbocycles. The molecule has 0 fully saturated rings. The molecule has 1 amide bonds. The van der Waals surface area contributed by atoms with E-state index in [0.717, 1.165) is 6.26 Å². The highest BCUT2D eigenvalue weighted by atomic mass is 79.9. The maximum atomic E-state index is 10.9. The summed E-state index contributed by atoms with van der Waals surface area (Å²) >= 11 is 3.15. The highest BCUT2D eigenvalue weighted by Gasteiger charge is 2.09. The van der Waals surface area contributed by atoms with Gasteiger partial charge in [0, 0.05) is 12.6 Å². The molecule has 0 aliphatic heterocycles. The highest BCUT2D eigenvalue weighted by molar-refractivity contribution is 9.10. The summed E-state index contributed by atoms with van der Waals surface area (Å²) < 4.78 is 27.0. The summed E-state index contributed by atoms with van der Waals surface area (Å²) in [5.41, 5.74) is 0.556. The van der Waals surface area contributed by atoms with Crippen molar-refractivity contribution in [3.05, 3.63) is 22.7 Å². The summed E-state index contributed by atoms with van der Waals surface area (Å²) in [7, 11) is -3.55. The molecule has 0 aliphatic rings. The number of amides is 1. The Morgan fingerprint density at radius 2 is 2.06 bits per heavy atom. The van der Waals surface area contributed by atoms with Gasteiger partial charge in [-0.25, -0.2) is 0 Å². The van der Waals surface area contributed by atoms with Crippen molar-refractivity contribution in [2.45, 2.75) is 6.92 Å². The van der Waals surface area contributed by atoms with Crippen LogP contribution >= 0.6 is 15.9 Å². The summed E-state index contributed by atoms with van der Waals surface area (Å²) in [5.74, 6) is -0.0275. The highest BCUT2D eigenvalue weighted by Crippen LogP contribution is 2.28. The van der Waals surface area contributed by atoms with Crippen molar-refractivity contribution in [1.82, 2.24) is 0 Å². The summed E-state index contributed by atoms with van der Waals surface area (Å²) in [5, 5.41) is 2.56. The molecule has 0 heterocycles. The third-order valence-electron chi connectivity index (χ3n) is 1.49. The molecule has 7 heteroatoms. The Kier molecular flexibility index (Phi) is 3.93. The average Bonchev–Trinajstić information content (AvgIpc) is 2.06. The molecule has 0 bridgehead atoms. The van der Waals surface area contributed by atoms with Gasteiger partial charge in [-0.3, -0.25) is 4.79 Å². The number of carbonyl (C=O) groups excluding carboxylic acids is 1. The number of benzene rings is 1. The van der Waals surface area contributed by atoms with Crippen molar-refractivity contribution in [1.29, 1.82) is 0 Å². The first-order valence-corrected chi connectivity index (χ1v) is 6.85. The number of rotatable bonds is 3. The molecule has 1 N–H and O–H groups in total. The van der Waals surface area contributed by atoms with E-state index in [1.54, 1.807) is 12.1 Å². The van der Waals surface area contributed by atoms with Crippen molar-refractivity contribution in [2.24, 2.45) is 0 Å². The number of carbonyl (C=O) groups is 1. The van der Waals surface area contributed by atoms with E-state index in [0.29, 0.717) is 10.2 Å². The molecule has 5 nitrogen and oxygen atoms in total. The lowest BCUT2D eigenvalue weighted by Gasteiger charge is -2.07. The molecule has 0 saturated heterocycles.